The molecule has 10 heteroatoms. The van der Waals surface area contributed by atoms with Gasteiger partial charge in [0.25, 0.3) is 0 Å². The van der Waals surface area contributed by atoms with Gasteiger partial charge in [-0.3, -0.25) is 4.79 Å². The summed E-state index contributed by atoms with van der Waals surface area (Å²) in [6.45, 7) is 1.16. The van der Waals surface area contributed by atoms with Gasteiger partial charge >= 0.3 is 12.1 Å². The highest BCUT2D eigenvalue weighted by Gasteiger charge is 2.79. The van der Waals surface area contributed by atoms with E-state index in [4.69, 9.17) is 14.2 Å². The van der Waals surface area contributed by atoms with E-state index >= 15 is 0 Å². The van der Waals surface area contributed by atoms with E-state index in [1.165, 1.54) is 0 Å². The Labute approximate surface area is 221 Å². The summed E-state index contributed by atoms with van der Waals surface area (Å²) in [5.41, 5.74) is -0.713. The number of fused-ring (bicyclic) bond motifs is 4. The maximum absolute atomic E-state index is 13.7. The maximum atomic E-state index is 13.7. The van der Waals surface area contributed by atoms with Crippen LogP contribution in [-0.2, 0) is 35.6 Å². The Kier molecular flexibility index (Phi) is 5.41. The fraction of sp³-hybridized carbons (Fsp3) is 0.500. The Morgan fingerprint density at radius 2 is 1.76 bits per heavy atom. The molecule has 2 aromatic carbocycles. The second-order valence-electron chi connectivity index (χ2n) is 11.1. The minimum Gasteiger partial charge on any atom is -0.454 e. The van der Waals surface area contributed by atoms with Gasteiger partial charge in [-0.2, -0.15) is 4.31 Å². The molecule has 200 valence electrons. The molecule has 6 atom stereocenters. The molecule has 0 aromatic heterocycles. The van der Waals surface area contributed by atoms with Crippen LogP contribution in [-0.4, -0.2) is 73.2 Å². The molecule has 2 spiro atoms. The third kappa shape index (κ3) is 3.46. The summed E-state index contributed by atoms with van der Waals surface area (Å²) in [5, 5.41) is 0. The normalized spacial score (nSPS) is 35.8. The first-order chi connectivity index (χ1) is 18.3. The van der Waals surface area contributed by atoms with Crippen LogP contribution < -0.4 is 0 Å². The number of amides is 1. The number of carbonyl (C=O) groups is 2. The van der Waals surface area contributed by atoms with Crippen LogP contribution in [0.1, 0.15) is 31.2 Å². The van der Waals surface area contributed by atoms with Crippen LogP contribution in [0.5, 0.6) is 0 Å². The largest absolute Gasteiger partial charge is 0.454 e. The third-order valence-electron chi connectivity index (χ3n) is 9.28. The van der Waals surface area contributed by atoms with Crippen molar-refractivity contribution in [2.75, 3.05) is 19.6 Å². The van der Waals surface area contributed by atoms with Crippen molar-refractivity contribution >= 4 is 22.1 Å². The number of likely N-dealkylation sites (tertiary alicyclic amines) is 1. The molecule has 3 unspecified atom stereocenters. The Morgan fingerprint density at radius 3 is 2.47 bits per heavy atom. The fourth-order valence-corrected chi connectivity index (χ4v) is 9.28. The molecule has 5 fully saturated rings. The predicted molar refractivity (Wildman–Crippen MR) is 134 cm³/mol. The number of sulfonamides is 1. The number of benzene rings is 2. The van der Waals surface area contributed by atoms with E-state index in [0.29, 0.717) is 32.4 Å². The summed E-state index contributed by atoms with van der Waals surface area (Å²) in [7, 11) is -3.74. The van der Waals surface area contributed by atoms with Crippen LogP contribution >= 0.6 is 0 Å². The molecule has 5 aliphatic rings. The van der Waals surface area contributed by atoms with Crippen molar-refractivity contribution in [2.45, 2.75) is 61.0 Å². The van der Waals surface area contributed by atoms with Crippen molar-refractivity contribution in [1.82, 2.24) is 9.21 Å². The third-order valence-corrected chi connectivity index (χ3v) is 11.1. The molecule has 1 aliphatic carbocycles. The maximum Gasteiger partial charge on any atom is 0.410 e. The van der Waals surface area contributed by atoms with E-state index in [1.54, 1.807) is 39.5 Å². The molecule has 38 heavy (non-hydrogen) atoms. The Morgan fingerprint density at radius 1 is 1.03 bits per heavy atom. The van der Waals surface area contributed by atoms with Crippen molar-refractivity contribution in [3.8, 4) is 0 Å². The van der Waals surface area contributed by atoms with Crippen LogP contribution in [0.4, 0.5) is 4.79 Å². The highest BCUT2D eigenvalue weighted by Crippen LogP contribution is 2.66. The minimum atomic E-state index is -3.74. The van der Waals surface area contributed by atoms with Gasteiger partial charge in [-0.15, -0.1) is 0 Å². The quantitative estimate of drug-likeness (QED) is 0.435. The zero-order valence-corrected chi connectivity index (χ0v) is 21.7. The lowest BCUT2D eigenvalue weighted by molar-refractivity contribution is -0.167. The molecule has 0 bridgehead atoms. The van der Waals surface area contributed by atoms with E-state index in [2.05, 4.69) is 0 Å². The zero-order chi connectivity index (χ0) is 26.1. The number of carbonyl (C=O) groups excluding carboxylic acids is 2. The van der Waals surface area contributed by atoms with Gasteiger partial charge < -0.3 is 19.1 Å². The lowest BCUT2D eigenvalue weighted by Crippen LogP contribution is -2.70. The Hall–Kier alpha value is -2.95. The molecule has 4 heterocycles. The number of epoxide rings is 1. The molecule has 0 radical (unpaired) electrons. The standard InChI is InChI=1S/C28H30N2O7S/c31-22-11-13-28(37-22)24-23(36-24)21-12-15-29(38(33,34)20-9-5-2-6-10-20)18-27(21)14-16-30(25(27)28)26(32)35-17-19-7-3-1-4-8-19/h1-10,21,23-25H,11-18H2/t21-,23?,24?,25+,27-,28?/m0/s1. The zero-order valence-electron chi connectivity index (χ0n) is 20.9. The van der Waals surface area contributed by atoms with Crippen molar-refractivity contribution in [1.29, 1.82) is 0 Å². The van der Waals surface area contributed by atoms with Crippen LogP contribution in [0.15, 0.2) is 65.6 Å². The highest BCUT2D eigenvalue weighted by molar-refractivity contribution is 7.89. The molecule has 4 saturated heterocycles. The lowest BCUT2D eigenvalue weighted by Gasteiger charge is -2.55. The van der Waals surface area contributed by atoms with Gasteiger partial charge in [-0.25, -0.2) is 13.2 Å². The van der Waals surface area contributed by atoms with Gasteiger partial charge in [-0.1, -0.05) is 48.5 Å². The lowest BCUT2D eigenvalue weighted by atomic mass is 9.55. The van der Waals surface area contributed by atoms with Gasteiger partial charge in [0.2, 0.25) is 10.0 Å². The van der Waals surface area contributed by atoms with Gasteiger partial charge in [0.05, 0.1) is 17.0 Å². The first-order valence-corrected chi connectivity index (χ1v) is 14.7. The summed E-state index contributed by atoms with van der Waals surface area (Å²) in [5.74, 6) is -0.238. The van der Waals surface area contributed by atoms with Gasteiger partial charge in [0.1, 0.15) is 12.7 Å². The fourth-order valence-electron chi connectivity index (χ4n) is 7.72. The molecule has 1 saturated carbocycles. The van der Waals surface area contributed by atoms with E-state index < -0.39 is 33.2 Å². The smallest absolute Gasteiger partial charge is 0.410 e. The van der Waals surface area contributed by atoms with Crippen LogP contribution in [0, 0.1) is 11.3 Å². The number of esters is 1. The highest BCUT2D eigenvalue weighted by atomic mass is 32.2. The van der Waals surface area contributed by atoms with Gasteiger partial charge in [-0.05, 0) is 36.5 Å². The van der Waals surface area contributed by atoms with Crippen molar-refractivity contribution in [3.05, 3.63) is 66.2 Å². The molecule has 9 nitrogen and oxygen atoms in total. The van der Waals surface area contributed by atoms with Crippen LogP contribution in [0.25, 0.3) is 0 Å². The first kappa shape index (κ1) is 24.1. The van der Waals surface area contributed by atoms with Crippen molar-refractivity contribution in [2.24, 2.45) is 11.3 Å². The number of piperidine rings is 1. The van der Waals surface area contributed by atoms with Gasteiger partial charge in [0, 0.05) is 37.9 Å². The number of ether oxygens (including phenoxy) is 3. The Bertz CT molecular complexity index is 1370. The van der Waals surface area contributed by atoms with E-state index in [0.717, 1.165) is 5.56 Å². The molecule has 1 amide bonds. The average Bonchev–Trinajstić information content (AvgIpc) is 3.53. The molecule has 7 rings (SSSR count). The summed E-state index contributed by atoms with van der Waals surface area (Å²) in [6.07, 6.45) is 1.06. The second kappa shape index (κ2) is 8.53. The van der Waals surface area contributed by atoms with E-state index in [-0.39, 0.29) is 48.6 Å². The Balaban J connectivity index is 1.25. The number of hydrogen-bond acceptors (Lipinski definition) is 7. The van der Waals surface area contributed by atoms with Crippen molar-refractivity contribution < 1.29 is 32.2 Å². The summed E-state index contributed by atoms with van der Waals surface area (Å²) in [4.78, 5) is 28.0. The molecule has 0 N–H and O–H groups in total. The van der Waals surface area contributed by atoms with E-state index in [9.17, 15) is 18.0 Å². The van der Waals surface area contributed by atoms with Crippen LogP contribution in [0.3, 0.4) is 0 Å². The molecule has 4 aliphatic heterocycles. The summed E-state index contributed by atoms with van der Waals surface area (Å²) in [6, 6.07) is 17.4. The minimum absolute atomic E-state index is 0.0663. The number of hydrogen-bond donors (Lipinski definition) is 0. The summed E-state index contributed by atoms with van der Waals surface area (Å²) >= 11 is 0. The molecule has 2 aromatic rings. The van der Waals surface area contributed by atoms with Crippen molar-refractivity contribution in [3.63, 3.8) is 0 Å². The first-order valence-electron chi connectivity index (χ1n) is 13.2. The van der Waals surface area contributed by atoms with E-state index in [1.807, 2.05) is 30.3 Å². The molecular weight excluding hydrogens is 508 g/mol. The monoisotopic (exact) mass is 538 g/mol. The summed E-state index contributed by atoms with van der Waals surface area (Å²) < 4.78 is 46.9. The number of nitrogens with zero attached hydrogens (tertiary/aromatic N) is 2. The SMILES string of the molecule is O=C1CCC2(O1)C1OC1[C@@H]1CCN(S(=O)(=O)c3ccccc3)C[C@@]13CCN(C(=O)OCc1ccccc1)[C@@H]23. The predicted octanol–water partition coefficient (Wildman–Crippen LogP) is 2.95. The molecular formula is C28H30N2O7S. The van der Waals surface area contributed by atoms with Crippen LogP contribution in [0.2, 0.25) is 0 Å². The number of rotatable bonds is 4. The topological polar surface area (TPSA) is 106 Å². The van der Waals surface area contributed by atoms with Gasteiger partial charge in [0.15, 0.2) is 5.60 Å². The second-order valence-corrected chi connectivity index (χ2v) is 13.1. The average molecular weight is 539 g/mol.